The number of hydrogen-bond acceptors (Lipinski definition) is 4. The Balaban J connectivity index is 1.95. The molecule has 0 aromatic carbocycles. The Labute approximate surface area is 112 Å². The highest BCUT2D eigenvalue weighted by Crippen LogP contribution is 2.20. The van der Waals surface area contributed by atoms with Crippen LogP contribution in [0, 0.1) is 6.92 Å². The van der Waals surface area contributed by atoms with E-state index in [1.807, 2.05) is 24.9 Å². The van der Waals surface area contributed by atoms with Crippen LogP contribution in [0.3, 0.4) is 0 Å². The lowest BCUT2D eigenvalue weighted by Gasteiger charge is -2.10. The molecule has 0 radical (unpaired) electrons. The lowest BCUT2D eigenvalue weighted by molar-refractivity contribution is 0.546. The Morgan fingerprint density at radius 3 is 2.83 bits per heavy atom. The molecule has 0 saturated heterocycles. The van der Waals surface area contributed by atoms with Crippen LogP contribution in [-0.4, -0.2) is 14.8 Å². The molecule has 2 aromatic rings. The SMILES string of the molecule is CCc1cnc(C(C)NCc2cc(C)nn2C)s1. The number of hydrogen-bond donors (Lipinski definition) is 1. The van der Waals surface area contributed by atoms with E-state index < -0.39 is 0 Å². The molecule has 0 amide bonds. The van der Waals surface area contributed by atoms with Crippen LogP contribution in [0.15, 0.2) is 12.3 Å². The molecule has 0 fully saturated rings. The molecule has 0 aliphatic carbocycles. The fourth-order valence-electron chi connectivity index (χ4n) is 1.86. The van der Waals surface area contributed by atoms with Crippen molar-refractivity contribution in [2.75, 3.05) is 0 Å². The predicted molar refractivity (Wildman–Crippen MR) is 74.7 cm³/mol. The third-order valence-corrected chi connectivity index (χ3v) is 4.30. The zero-order valence-corrected chi connectivity index (χ0v) is 12.2. The molecule has 0 aliphatic heterocycles. The van der Waals surface area contributed by atoms with Gasteiger partial charge in [0.1, 0.15) is 5.01 Å². The fourth-order valence-corrected chi connectivity index (χ4v) is 2.74. The van der Waals surface area contributed by atoms with E-state index in [0.29, 0.717) is 0 Å². The molecule has 5 heteroatoms. The molecule has 98 valence electrons. The first-order valence-corrected chi connectivity index (χ1v) is 7.09. The Hall–Kier alpha value is -1.20. The van der Waals surface area contributed by atoms with E-state index in [0.717, 1.165) is 23.7 Å². The van der Waals surface area contributed by atoms with Gasteiger partial charge >= 0.3 is 0 Å². The van der Waals surface area contributed by atoms with Crippen LogP contribution >= 0.6 is 11.3 Å². The van der Waals surface area contributed by atoms with E-state index in [4.69, 9.17) is 0 Å². The highest BCUT2D eigenvalue weighted by Gasteiger charge is 2.10. The maximum atomic E-state index is 4.46. The van der Waals surface area contributed by atoms with E-state index in [-0.39, 0.29) is 6.04 Å². The average Bonchev–Trinajstić information content (AvgIpc) is 2.93. The summed E-state index contributed by atoms with van der Waals surface area (Å²) >= 11 is 1.79. The van der Waals surface area contributed by atoms with Crippen molar-refractivity contribution in [3.05, 3.63) is 33.5 Å². The van der Waals surface area contributed by atoms with Gasteiger partial charge in [0.2, 0.25) is 0 Å². The zero-order chi connectivity index (χ0) is 13.1. The van der Waals surface area contributed by atoms with E-state index in [9.17, 15) is 0 Å². The molecule has 2 aromatic heterocycles. The molecule has 18 heavy (non-hydrogen) atoms. The molecular weight excluding hydrogens is 244 g/mol. The van der Waals surface area contributed by atoms with Gasteiger partial charge in [-0.05, 0) is 26.3 Å². The highest BCUT2D eigenvalue weighted by atomic mass is 32.1. The molecule has 0 spiro atoms. The lowest BCUT2D eigenvalue weighted by atomic mass is 10.3. The monoisotopic (exact) mass is 264 g/mol. The van der Waals surface area contributed by atoms with Crippen molar-refractivity contribution in [1.82, 2.24) is 20.1 Å². The van der Waals surface area contributed by atoms with Crippen LogP contribution in [0.25, 0.3) is 0 Å². The number of nitrogens with zero attached hydrogens (tertiary/aromatic N) is 3. The Bertz CT molecular complexity index is 515. The smallest absolute Gasteiger partial charge is 0.109 e. The largest absolute Gasteiger partial charge is 0.302 e. The van der Waals surface area contributed by atoms with E-state index in [1.165, 1.54) is 10.6 Å². The van der Waals surface area contributed by atoms with Crippen molar-refractivity contribution in [3.8, 4) is 0 Å². The van der Waals surface area contributed by atoms with Crippen molar-refractivity contribution in [1.29, 1.82) is 0 Å². The molecule has 0 bridgehead atoms. The van der Waals surface area contributed by atoms with Crippen LogP contribution < -0.4 is 5.32 Å². The van der Waals surface area contributed by atoms with Crippen LogP contribution in [-0.2, 0) is 20.0 Å². The van der Waals surface area contributed by atoms with Gasteiger partial charge in [-0.2, -0.15) is 5.10 Å². The first-order chi connectivity index (χ1) is 8.60. The number of nitrogens with one attached hydrogen (secondary N) is 1. The molecule has 0 aliphatic rings. The second-order valence-corrected chi connectivity index (χ2v) is 5.67. The summed E-state index contributed by atoms with van der Waals surface area (Å²) in [6, 6.07) is 2.39. The number of aryl methyl sites for hydroxylation is 3. The van der Waals surface area contributed by atoms with Gasteiger partial charge in [-0.3, -0.25) is 4.68 Å². The van der Waals surface area contributed by atoms with Crippen molar-refractivity contribution < 1.29 is 0 Å². The van der Waals surface area contributed by atoms with Gasteiger partial charge < -0.3 is 5.32 Å². The van der Waals surface area contributed by atoms with Crippen molar-refractivity contribution >= 4 is 11.3 Å². The minimum Gasteiger partial charge on any atom is -0.302 e. The quantitative estimate of drug-likeness (QED) is 0.902. The first-order valence-electron chi connectivity index (χ1n) is 6.27. The molecule has 0 saturated carbocycles. The molecule has 4 nitrogen and oxygen atoms in total. The van der Waals surface area contributed by atoms with Gasteiger partial charge in [0.25, 0.3) is 0 Å². The summed E-state index contributed by atoms with van der Waals surface area (Å²) in [6.45, 7) is 7.15. The number of aromatic nitrogens is 3. The zero-order valence-electron chi connectivity index (χ0n) is 11.4. The highest BCUT2D eigenvalue weighted by molar-refractivity contribution is 7.11. The summed E-state index contributed by atoms with van der Waals surface area (Å²) in [5.74, 6) is 0. The van der Waals surface area contributed by atoms with Gasteiger partial charge in [0.15, 0.2) is 0 Å². The molecule has 2 rings (SSSR count). The van der Waals surface area contributed by atoms with Crippen LogP contribution in [0.1, 0.15) is 41.2 Å². The van der Waals surface area contributed by atoms with E-state index in [1.54, 1.807) is 11.3 Å². The third-order valence-electron chi connectivity index (χ3n) is 2.98. The minimum absolute atomic E-state index is 0.283. The Kier molecular flexibility index (Phi) is 4.14. The standard InChI is InChI=1S/C13H20N4S/c1-5-12-8-15-13(18-12)10(3)14-7-11-6-9(2)16-17(11)4/h6,8,10,14H,5,7H2,1-4H3. The van der Waals surface area contributed by atoms with Gasteiger partial charge in [0, 0.05) is 24.7 Å². The van der Waals surface area contributed by atoms with Crippen LogP contribution in [0.2, 0.25) is 0 Å². The molecule has 1 unspecified atom stereocenters. The van der Waals surface area contributed by atoms with Gasteiger partial charge in [-0.25, -0.2) is 4.98 Å². The minimum atomic E-state index is 0.283. The van der Waals surface area contributed by atoms with Crippen LogP contribution in [0.5, 0.6) is 0 Å². The Morgan fingerprint density at radius 2 is 2.28 bits per heavy atom. The summed E-state index contributed by atoms with van der Waals surface area (Å²) in [7, 11) is 1.98. The Morgan fingerprint density at radius 1 is 1.50 bits per heavy atom. The molecule has 1 atom stereocenters. The summed E-state index contributed by atoms with van der Waals surface area (Å²) in [5.41, 5.74) is 2.26. The van der Waals surface area contributed by atoms with E-state index in [2.05, 4.69) is 35.3 Å². The van der Waals surface area contributed by atoms with Gasteiger partial charge in [0.05, 0.1) is 17.4 Å². The molecule has 1 N–H and O–H groups in total. The predicted octanol–water partition coefficient (Wildman–Crippen LogP) is 2.60. The summed E-state index contributed by atoms with van der Waals surface area (Å²) < 4.78 is 1.92. The fraction of sp³-hybridized carbons (Fsp3) is 0.538. The molecule has 2 heterocycles. The van der Waals surface area contributed by atoms with E-state index >= 15 is 0 Å². The van der Waals surface area contributed by atoms with Crippen molar-refractivity contribution in [2.45, 2.75) is 39.8 Å². The number of thiazole rings is 1. The summed E-state index contributed by atoms with van der Waals surface area (Å²) in [5, 5.41) is 8.99. The van der Waals surface area contributed by atoms with Crippen LogP contribution in [0.4, 0.5) is 0 Å². The van der Waals surface area contributed by atoms with Gasteiger partial charge in [-0.15, -0.1) is 11.3 Å². The van der Waals surface area contributed by atoms with Crippen molar-refractivity contribution in [2.24, 2.45) is 7.05 Å². The second-order valence-electron chi connectivity index (χ2n) is 4.52. The lowest BCUT2D eigenvalue weighted by Crippen LogP contribution is -2.19. The first kappa shape index (κ1) is 13.2. The normalized spacial score (nSPS) is 12.9. The topological polar surface area (TPSA) is 42.7 Å². The summed E-state index contributed by atoms with van der Waals surface area (Å²) in [4.78, 5) is 5.80. The van der Waals surface area contributed by atoms with Gasteiger partial charge in [-0.1, -0.05) is 6.92 Å². The third kappa shape index (κ3) is 2.97. The maximum absolute atomic E-state index is 4.46. The van der Waals surface area contributed by atoms with Crippen molar-refractivity contribution in [3.63, 3.8) is 0 Å². The number of rotatable bonds is 5. The maximum Gasteiger partial charge on any atom is 0.109 e. The second kappa shape index (κ2) is 5.63. The molecular formula is C13H20N4S. The summed E-state index contributed by atoms with van der Waals surface area (Å²) in [6.07, 6.45) is 3.04. The average molecular weight is 264 g/mol.